The Morgan fingerprint density at radius 2 is 2.17 bits per heavy atom. The Kier molecular flexibility index (Phi) is 4.07. The van der Waals surface area contributed by atoms with Crippen LogP contribution < -0.4 is 0 Å². The van der Waals surface area contributed by atoms with Crippen molar-refractivity contribution in [3.05, 3.63) is 33.1 Å². The van der Waals surface area contributed by atoms with Crippen LogP contribution in [0.15, 0.2) is 22.0 Å². The van der Waals surface area contributed by atoms with Gasteiger partial charge in [-0.15, -0.1) is 11.3 Å². The number of hydrogen-bond acceptors (Lipinski definition) is 3. The minimum absolute atomic E-state index is 0.243. The number of ether oxygens (including phenoxy) is 1. The molecule has 2 nitrogen and oxygen atoms in total. The Morgan fingerprint density at radius 3 is 2.83 bits per heavy atom. The van der Waals surface area contributed by atoms with Crippen molar-refractivity contribution in [2.45, 2.75) is 20.8 Å². The Labute approximate surface area is 119 Å². The minimum atomic E-state index is -0.243. The van der Waals surface area contributed by atoms with Gasteiger partial charge in [0, 0.05) is 10.1 Å². The maximum absolute atomic E-state index is 12.1. The van der Waals surface area contributed by atoms with Gasteiger partial charge in [0.05, 0.1) is 16.0 Å². The molecular formula is C14H15BrO2S. The van der Waals surface area contributed by atoms with Crippen LogP contribution >= 0.6 is 27.3 Å². The molecule has 0 bridgehead atoms. The van der Waals surface area contributed by atoms with Crippen molar-refractivity contribution in [3.8, 4) is 0 Å². The Morgan fingerprint density at radius 1 is 1.44 bits per heavy atom. The van der Waals surface area contributed by atoms with Crippen molar-refractivity contribution < 1.29 is 9.53 Å². The second-order valence-electron chi connectivity index (χ2n) is 4.74. The predicted octanol–water partition coefficient (Wildman–Crippen LogP) is 4.79. The summed E-state index contributed by atoms with van der Waals surface area (Å²) in [5.74, 6) is 0.104. The summed E-state index contributed by atoms with van der Waals surface area (Å²) in [6.07, 6.45) is 0. The van der Waals surface area contributed by atoms with E-state index in [0.717, 1.165) is 19.4 Å². The molecular weight excluding hydrogens is 312 g/mol. The van der Waals surface area contributed by atoms with Crippen LogP contribution in [-0.2, 0) is 4.74 Å². The van der Waals surface area contributed by atoms with Crippen LogP contribution in [0.3, 0.4) is 0 Å². The van der Waals surface area contributed by atoms with E-state index in [9.17, 15) is 4.79 Å². The fourth-order valence-electron chi connectivity index (χ4n) is 1.69. The molecule has 0 saturated carbocycles. The van der Waals surface area contributed by atoms with Crippen molar-refractivity contribution in [1.29, 1.82) is 0 Å². The smallest absolute Gasteiger partial charge is 0.340 e. The van der Waals surface area contributed by atoms with Gasteiger partial charge in [0.1, 0.15) is 0 Å². The molecule has 0 aliphatic carbocycles. The van der Waals surface area contributed by atoms with E-state index < -0.39 is 0 Å². The lowest BCUT2D eigenvalue weighted by Crippen LogP contribution is -2.10. The maximum Gasteiger partial charge on any atom is 0.340 e. The van der Waals surface area contributed by atoms with Crippen LogP contribution in [0.1, 0.15) is 29.8 Å². The molecule has 0 saturated heterocycles. The average molecular weight is 327 g/mol. The van der Waals surface area contributed by atoms with Crippen molar-refractivity contribution in [2.24, 2.45) is 5.92 Å². The zero-order valence-electron chi connectivity index (χ0n) is 10.6. The topological polar surface area (TPSA) is 26.3 Å². The van der Waals surface area contributed by atoms with Crippen molar-refractivity contribution in [1.82, 2.24) is 0 Å². The van der Waals surface area contributed by atoms with Gasteiger partial charge < -0.3 is 4.74 Å². The molecule has 0 radical (unpaired) electrons. The SMILES string of the molecule is Cc1ccc2sc(Br)c(C(=O)OCC(C)C)c2c1. The normalized spacial score (nSPS) is 11.2. The minimum Gasteiger partial charge on any atom is -0.462 e. The van der Waals surface area contributed by atoms with Crippen LogP contribution in [0.5, 0.6) is 0 Å². The van der Waals surface area contributed by atoms with Crippen LogP contribution in [0.2, 0.25) is 0 Å². The van der Waals surface area contributed by atoms with Gasteiger partial charge in [0.15, 0.2) is 0 Å². The molecule has 4 heteroatoms. The molecule has 0 amide bonds. The molecule has 0 atom stereocenters. The summed E-state index contributed by atoms with van der Waals surface area (Å²) in [5, 5.41) is 0.973. The summed E-state index contributed by atoms with van der Waals surface area (Å²) in [6.45, 7) is 6.53. The number of hydrogen-bond donors (Lipinski definition) is 0. The summed E-state index contributed by atoms with van der Waals surface area (Å²) in [7, 11) is 0. The lowest BCUT2D eigenvalue weighted by Gasteiger charge is -2.07. The zero-order chi connectivity index (χ0) is 13.3. The van der Waals surface area contributed by atoms with E-state index in [1.807, 2.05) is 32.9 Å². The van der Waals surface area contributed by atoms with Gasteiger partial charge in [-0.2, -0.15) is 0 Å². The third-order valence-electron chi connectivity index (χ3n) is 2.55. The first kappa shape index (κ1) is 13.6. The number of carbonyl (C=O) groups excluding carboxylic acids is 1. The second kappa shape index (κ2) is 5.41. The number of aryl methyl sites for hydroxylation is 1. The van der Waals surface area contributed by atoms with Gasteiger partial charge in [-0.05, 0) is 40.9 Å². The molecule has 0 aliphatic rings. The van der Waals surface area contributed by atoms with Gasteiger partial charge in [-0.25, -0.2) is 4.79 Å². The number of thiophene rings is 1. The van der Waals surface area contributed by atoms with E-state index >= 15 is 0 Å². The van der Waals surface area contributed by atoms with Crippen molar-refractivity contribution in [2.75, 3.05) is 6.61 Å². The molecule has 0 fully saturated rings. The predicted molar refractivity (Wildman–Crippen MR) is 79.4 cm³/mol. The molecule has 2 rings (SSSR count). The molecule has 1 aromatic heterocycles. The lowest BCUT2D eigenvalue weighted by molar-refractivity contribution is 0.0461. The summed E-state index contributed by atoms with van der Waals surface area (Å²) < 4.78 is 7.26. The van der Waals surface area contributed by atoms with E-state index in [1.165, 1.54) is 0 Å². The molecule has 1 heterocycles. The molecule has 1 aromatic carbocycles. The number of esters is 1. The van der Waals surface area contributed by atoms with Gasteiger partial charge in [0.25, 0.3) is 0 Å². The first-order valence-corrected chi connectivity index (χ1v) is 7.45. The number of benzene rings is 1. The van der Waals surface area contributed by atoms with Crippen molar-refractivity contribution in [3.63, 3.8) is 0 Å². The quantitative estimate of drug-likeness (QED) is 0.758. The highest BCUT2D eigenvalue weighted by molar-refractivity contribution is 9.11. The Balaban J connectivity index is 2.40. The standard InChI is InChI=1S/C14H15BrO2S/c1-8(2)7-17-14(16)12-10-6-9(3)4-5-11(10)18-13(12)15/h4-6,8H,7H2,1-3H3. The van der Waals surface area contributed by atoms with E-state index in [1.54, 1.807) is 11.3 Å². The maximum atomic E-state index is 12.1. The van der Waals surface area contributed by atoms with Crippen LogP contribution in [0, 0.1) is 12.8 Å². The molecule has 0 N–H and O–H groups in total. The Bertz CT molecular complexity index is 587. The molecule has 0 aliphatic heterocycles. The third kappa shape index (κ3) is 2.75. The summed E-state index contributed by atoms with van der Waals surface area (Å²) in [5.41, 5.74) is 1.80. The monoisotopic (exact) mass is 326 g/mol. The lowest BCUT2D eigenvalue weighted by atomic mass is 10.1. The molecule has 0 spiro atoms. The summed E-state index contributed by atoms with van der Waals surface area (Å²) >= 11 is 5.03. The molecule has 96 valence electrons. The van der Waals surface area contributed by atoms with Crippen LogP contribution in [-0.4, -0.2) is 12.6 Å². The molecule has 18 heavy (non-hydrogen) atoms. The largest absolute Gasteiger partial charge is 0.462 e. The summed E-state index contributed by atoms with van der Waals surface area (Å²) in [4.78, 5) is 12.1. The van der Waals surface area contributed by atoms with Gasteiger partial charge in [-0.3, -0.25) is 0 Å². The fraction of sp³-hybridized carbons (Fsp3) is 0.357. The number of carbonyl (C=O) groups is 1. The van der Waals surface area contributed by atoms with Crippen molar-refractivity contribution >= 4 is 43.3 Å². The van der Waals surface area contributed by atoms with Crippen LogP contribution in [0.25, 0.3) is 10.1 Å². The average Bonchev–Trinajstić information content (AvgIpc) is 2.61. The number of fused-ring (bicyclic) bond motifs is 1. The van der Waals surface area contributed by atoms with E-state index in [0.29, 0.717) is 18.1 Å². The zero-order valence-corrected chi connectivity index (χ0v) is 13.0. The highest BCUT2D eigenvalue weighted by atomic mass is 79.9. The first-order chi connectivity index (χ1) is 8.49. The van der Waals surface area contributed by atoms with E-state index in [-0.39, 0.29) is 5.97 Å². The Hall–Kier alpha value is -0.870. The second-order valence-corrected chi connectivity index (χ2v) is 7.11. The molecule has 2 aromatic rings. The highest BCUT2D eigenvalue weighted by Crippen LogP contribution is 2.36. The van der Waals surface area contributed by atoms with Gasteiger partial charge in [0.2, 0.25) is 0 Å². The number of rotatable bonds is 3. The first-order valence-electron chi connectivity index (χ1n) is 5.85. The van der Waals surface area contributed by atoms with Crippen LogP contribution in [0.4, 0.5) is 0 Å². The van der Waals surface area contributed by atoms with E-state index in [4.69, 9.17) is 4.74 Å². The fourth-order valence-corrected chi connectivity index (χ4v) is 3.48. The van der Waals surface area contributed by atoms with Gasteiger partial charge >= 0.3 is 5.97 Å². The summed E-state index contributed by atoms with van der Waals surface area (Å²) in [6, 6.07) is 6.12. The van der Waals surface area contributed by atoms with E-state index in [2.05, 4.69) is 22.0 Å². The highest BCUT2D eigenvalue weighted by Gasteiger charge is 2.19. The number of halogens is 1. The van der Waals surface area contributed by atoms with Gasteiger partial charge in [-0.1, -0.05) is 25.5 Å². The third-order valence-corrected chi connectivity index (χ3v) is 4.39. The molecule has 0 unspecified atom stereocenters.